The molecule has 350 valence electrons. The van der Waals surface area contributed by atoms with E-state index < -0.39 is 0 Å². The molecule has 0 spiro atoms. The van der Waals surface area contributed by atoms with E-state index >= 15 is 0 Å². The maximum absolute atomic E-state index is 5.31. The van der Waals surface area contributed by atoms with Gasteiger partial charge >= 0.3 is 0 Å². The predicted molar refractivity (Wildman–Crippen MR) is 310 cm³/mol. The Balaban J connectivity index is 1.09. The minimum atomic E-state index is 0.591. The zero-order chi connectivity index (χ0) is 49.4. The summed E-state index contributed by atoms with van der Waals surface area (Å²) in [5.74, 6) is 1.82. The Labute approximate surface area is 432 Å². The number of hydrogen-bond donors (Lipinski definition) is 0. The largest absolute Gasteiger partial charge is 0.309 e. The number of aromatic nitrogens is 6. The van der Waals surface area contributed by atoms with E-state index in [0.717, 1.165) is 99.9 Å². The predicted octanol–water partition coefficient (Wildman–Crippen LogP) is 17.5. The lowest BCUT2D eigenvalue weighted by Gasteiger charge is -2.21. The van der Waals surface area contributed by atoms with Crippen LogP contribution in [-0.2, 0) is 0 Å². The van der Waals surface area contributed by atoms with Crippen molar-refractivity contribution in [2.45, 2.75) is 0 Å². The summed E-state index contributed by atoms with van der Waals surface area (Å²) in [4.78, 5) is 15.7. The van der Waals surface area contributed by atoms with Crippen molar-refractivity contribution in [3.05, 3.63) is 267 Å². The van der Waals surface area contributed by atoms with Crippen LogP contribution in [0.3, 0.4) is 0 Å². The lowest BCUT2D eigenvalue weighted by Crippen LogP contribution is -2.04. The molecule has 15 rings (SSSR count). The fourth-order valence-corrected chi connectivity index (χ4v) is 11.6. The maximum atomic E-state index is 5.31. The van der Waals surface area contributed by atoms with Crippen LogP contribution < -0.4 is 0 Å². The van der Waals surface area contributed by atoms with Gasteiger partial charge in [0.1, 0.15) is 0 Å². The minimum Gasteiger partial charge on any atom is -0.309 e. The van der Waals surface area contributed by atoms with Gasteiger partial charge in [-0.15, -0.1) is 0 Å². The summed E-state index contributed by atoms with van der Waals surface area (Å²) < 4.78 is 7.42. The van der Waals surface area contributed by atoms with Gasteiger partial charge in [-0.2, -0.15) is 0 Å². The van der Waals surface area contributed by atoms with Crippen molar-refractivity contribution in [3.8, 4) is 73.5 Å². The molecule has 4 aromatic heterocycles. The molecule has 75 heavy (non-hydrogen) atoms. The van der Waals surface area contributed by atoms with Crippen LogP contribution in [0.5, 0.6) is 0 Å². The summed E-state index contributed by atoms with van der Waals surface area (Å²) in [7, 11) is 0. The third-order valence-corrected chi connectivity index (χ3v) is 14.9. The Morgan fingerprint density at radius 1 is 0.240 bits per heavy atom. The van der Waals surface area contributed by atoms with Gasteiger partial charge in [-0.1, -0.05) is 206 Å². The molecule has 0 fully saturated rings. The summed E-state index contributed by atoms with van der Waals surface area (Å²) in [6, 6.07) is 95.5. The summed E-state index contributed by atoms with van der Waals surface area (Å²) in [5.41, 5.74) is 17.0. The number of benzene rings is 11. The first-order valence-electron chi connectivity index (χ1n) is 25.4. The first-order chi connectivity index (χ1) is 37.2. The van der Waals surface area contributed by atoms with Crippen LogP contribution in [0.25, 0.3) is 139 Å². The van der Waals surface area contributed by atoms with Gasteiger partial charge in [0.15, 0.2) is 17.5 Å². The first kappa shape index (κ1) is 42.5. The van der Waals surface area contributed by atoms with Gasteiger partial charge in [0.25, 0.3) is 0 Å². The SMILES string of the molecule is c1ccc(-c2nc(-c3ccccc3)nc(-c3cc(-c4ccccc4)c(-n4c5cc(-n6c7ccccc7c7ccccc76)ccc5c5c(-n6c7ccccc7c7ccccc76)cccc54)c(-c4ccccc4)c3)n2)cc1. The third-order valence-electron chi connectivity index (χ3n) is 14.9. The zero-order valence-electron chi connectivity index (χ0n) is 40.6. The van der Waals surface area contributed by atoms with E-state index in [4.69, 9.17) is 15.0 Å². The molecule has 0 aliphatic rings. The van der Waals surface area contributed by atoms with E-state index in [1.807, 2.05) is 36.4 Å². The maximum Gasteiger partial charge on any atom is 0.164 e. The van der Waals surface area contributed by atoms with E-state index in [1.54, 1.807) is 0 Å². The Morgan fingerprint density at radius 2 is 0.627 bits per heavy atom. The van der Waals surface area contributed by atoms with Gasteiger partial charge < -0.3 is 13.7 Å². The fourth-order valence-electron chi connectivity index (χ4n) is 11.6. The molecule has 0 aliphatic heterocycles. The highest BCUT2D eigenvalue weighted by molar-refractivity contribution is 6.18. The molecule has 0 saturated carbocycles. The second kappa shape index (κ2) is 17.3. The van der Waals surface area contributed by atoms with Crippen LogP contribution in [0.1, 0.15) is 0 Å². The van der Waals surface area contributed by atoms with Crippen molar-refractivity contribution in [2.24, 2.45) is 0 Å². The average Bonchev–Trinajstić information content (AvgIpc) is 4.21. The van der Waals surface area contributed by atoms with Crippen LogP contribution in [-0.4, -0.2) is 28.7 Å². The number of rotatable bonds is 8. The van der Waals surface area contributed by atoms with Crippen LogP contribution in [0.4, 0.5) is 0 Å². The van der Waals surface area contributed by atoms with E-state index in [1.165, 1.54) is 21.5 Å². The van der Waals surface area contributed by atoms with Crippen LogP contribution in [0.2, 0.25) is 0 Å². The molecule has 6 heteroatoms. The molecule has 4 heterocycles. The Bertz CT molecular complexity index is 4460. The fraction of sp³-hybridized carbons (Fsp3) is 0. The van der Waals surface area contributed by atoms with Crippen LogP contribution in [0, 0.1) is 0 Å². The van der Waals surface area contributed by atoms with Gasteiger partial charge in [0.2, 0.25) is 0 Å². The van der Waals surface area contributed by atoms with Crippen LogP contribution >= 0.6 is 0 Å². The quantitative estimate of drug-likeness (QED) is 0.152. The second-order valence-electron chi connectivity index (χ2n) is 19.1. The van der Waals surface area contributed by atoms with Crippen molar-refractivity contribution in [3.63, 3.8) is 0 Å². The lowest BCUT2D eigenvalue weighted by molar-refractivity contribution is 1.07. The average molecular weight is 957 g/mol. The third kappa shape index (κ3) is 6.84. The number of hydrogen-bond acceptors (Lipinski definition) is 3. The molecule has 6 nitrogen and oxygen atoms in total. The number of para-hydroxylation sites is 4. The number of fused-ring (bicyclic) bond motifs is 9. The molecule has 0 bridgehead atoms. The molecular formula is C69H44N6. The van der Waals surface area contributed by atoms with Crippen LogP contribution in [0.15, 0.2) is 267 Å². The lowest BCUT2D eigenvalue weighted by atomic mass is 9.92. The van der Waals surface area contributed by atoms with Crippen molar-refractivity contribution in [1.82, 2.24) is 28.7 Å². The highest BCUT2D eigenvalue weighted by Crippen LogP contribution is 2.47. The van der Waals surface area contributed by atoms with Gasteiger partial charge in [0, 0.05) is 65.8 Å². The first-order valence-corrected chi connectivity index (χ1v) is 25.4. The highest BCUT2D eigenvalue weighted by atomic mass is 15.1. The van der Waals surface area contributed by atoms with Crippen molar-refractivity contribution in [2.75, 3.05) is 0 Å². The second-order valence-corrected chi connectivity index (χ2v) is 19.1. The monoisotopic (exact) mass is 956 g/mol. The van der Waals surface area contributed by atoms with Gasteiger partial charge in [-0.25, -0.2) is 15.0 Å². The molecule has 0 aliphatic carbocycles. The van der Waals surface area contributed by atoms with E-state index in [9.17, 15) is 0 Å². The standard InChI is InChI=1S/C69H44N6/c1-5-22-45(23-6-1)56-42-49(69-71-67(47-26-9-3-10-27-47)70-68(72-69)48-28-11-4-12-29-48)43-57(46-24-7-2-8-25-46)66(56)75-63-39-21-38-62(74-60-36-19-15-32-53(60)54-33-16-20-37-61(54)74)65(63)55-41-40-50(44-64(55)75)73-58-34-17-13-30-51(58)52-31-14-18-35-59(52)73/h1-44H. The van der Waals surface area contributed by atoms with Gasteiger partial charge in [-0.3, -0.25) is 0 Å². The molecule has 0 saturated heterocycles. The Kier molecular flexibility index (Phi) is 9.78. The molecule has 11 aromatic carbocycles. The van der Waals surface area contributed by atoms with E-state index in [0.29, 0.717) is 17.5 Å². The smallest absolute Gasteiger partial charge is 0.164 e. The van der Waals surface area contributed by atoms with E-state index in [-0.39, 0.29) is 0 Å². The molecule has 0 N–H and O–H groups in total. The molecule has 0 atom stereocenters. The summed E-state index contributed by atoms with van der Waals surface area (Å²) in [6.07, 6.45) is 0. The molecule has 15 aromatic rings. The highest BCUT2D eigenvalue weighted by Gasteiger charge is 2.26. The van der Waals surface area contributed by atoms with Crippen molar-refractivity contribution in [1.29, 1.82) is 0 Å². The Morgan fingerprint density at radius 3 is 1.09 bits per heavy atom. The summed E-state index contributed by atoms with van der Waals surface area (Å²) in [5, 5.41) is 7.19. The topological polar surface area (TPSA) is 53.5 Å². The van der Waals surface area contributed by atoms with Crippen molar-refractivity contribution < 1.29 is 0 Å². The molecular weight excluding hydrogens is 913 g/mol. The molecule has 0 unspecified atom stereocenters. The summed E-state index contributed by atoms with van der Waals surface area (Å²) in [6.45, 7) is 0. The Hall–Kier alpha value is -10.2. The van der Waals surface area contributed by atoms with E-state index in [2.05, 4.69) is 244 Å². The van der Waals surface area contributed by atoms with Gasteiger partial charge in [-0.05, 0) is 71.8 Å². The number of nitrogens with zero attached hydrogens (tertiary/aromatic N) is 6. The molecule has 0 amide bonds. The molecule has 0 radical (unpaired) electrons. The van der Waals surface area contributed by atoms with Gasteiger partial charge in [0.05, 0.1) is 44.5 Å². The minimum absolute atomic E-state index is 0.591. The summed E-state index contributed by atoms with van der Waals surface area (Å²) >= 11 is 0. The zero-order valence-corrected chi connectivity index (χ0v) is 40.6. The normalized spacial score (nSPS) is 11.7. The van der Waals surface area contributed by atoms with Crippen molar-refractivity contribution >= 4 is 65.4 Å².